The fourth-order valence-corrected chi connectivity index (χ4v) is 1.42. The highest BCUT2D eigenvalue weighted by Crippen LogP contribution is 2.11. The molecule has 5 heteroatoms. The number of benzene rings is 1. The Balaban J connectivity index is 1.98. The summed E-state index contributed by atoms with van der Waals surface area (Å²) in [6, 6.07) is 14.1. The zero-order valence-electron chi connectivity index (χ0n) is 10.6. The Hall–Kier alpha value is -2.82. The lowest BCUT2D eigenvalue weighted by molar-refractivity contribution is -0.135. The van der Waals surface area contributed by atoms with Gasteiger partial charge in [0, 0.05) is 18.3 Å². The van der Waals surface area contributed by atoms with Crippen molar-refractivity contribution in [3.63, 3.8) is 0 Å². The van der Waals surface area contributed by atoms with Crippen LogP contribution in [0.2, 0.25) is 0 Å². The zero-order chi connectivity index (χ0) is 14.2. The van der Waals surface area contributed by atoms with E-state index in [4.69, 9.17) is 14.6 Å². The highest BCUT2D eigenvalue weighted by Gasteiger charge is 2.10. The summed E-state index contributed by atoms with van der Waals surface area (Å²) in [5.41, 5.74) is 0. The van der Waals surface area contributed by atoms with Crippen molar-refractivity contribution in [3.8, 4) is 11.6 Å². The summed E-state index contributed by atoms with van der Waals surface area (Å²) < 4.78 is 10.6. The number of para-hydroxylation sites is 1. The van der Waals surface area contributed by atoms with E-state index in [0.29, 0.717) is 5.75 Å². The summed E-state index contributed by atoms with van der Waals surface area (Å²) in [4.78, 5) is 15.0. The Bertz CT molecular complexity index is 581. The molecule has 0 spiro atoms. The number of aromatic nitrogens is 1. The minimum atomic E-state index is -1.17. The Labute approximate surface area is 116 Å². The first-order valence-corrected chi connectivity index (χ1v) is 5.96. The van der Waals surface area contributed by atoms with E-state index in [2.05, 4.69) is 4.98 Å². The van der Waals surface area contributed by atoms with Gasteiger partial charge in [-0.05, 0) is 18.2 Å². The SMILES string of the molecule is O=C(O)C(=CCOc1ccccc1)Oc1ccccn1. The second-order valence-corrected chi connectivity index (χ2v) is 3.77. The number of ether oxygens (including phenoxy) is 2. The molecule has 0 fully saturated rings. The van der Waals surface area contributed by atoms with Crippen LogP contribution in [0, 0.1) is 0 Å². The highest BCUT2D eigenvalue weighted by molar-refractivity contribution is 5.84. The molecule has 0 saturated heterocycles. The lowest BCUT2D eigenvalue weighted by Crippen LogP contribution is -2.10. The highest BCUT2D eigenvalue weighted by atomic mass is 16.5. The number of carboxylic acids is 1. The largest absolute Gasteiger partial charge is 0.489 e. The summed E-state index contributed by atoms with van der Waals surface area (Å²) in [6.07, 6.45) is 2.87. The Kier molecular flexibility index (Phi) is 4.72. The molecule has 0 saturated carbocycles. The molecule has 1 N–H and O–H groups in total. The molecule has 102 valence electrons. The Morgan fingerprint density at radius 3 is 2.55 bits per heavy atom. The number of rotatable bonds is 6. The van der Waals surface area contributed by atoms with Crippen LogP contribution < -0.4 is 9.47 Å². The molecule has 0 amide bonds. The minimum Gasteiger partial charge on any atom is -0.489 e. The molecule has 0 aliphatic rings. The molecule has 0 bridgehead atoms. The molecule has 0 aliphatic heterocycles. The van der Waals surface area contributed by atoms with Crippen LogP contribution >= 0.6 is 0 Å². The molecule has 5 nitrogen and oxygen atoms in total. The molecule has 0 atom stereocenters. The number of pyridine rings is 1. The predicted molar refractivity (Wildman–Crippen MR) is 72.5 cm³/mol. The summed E-state index contributed by atoms with van der Waals surface area (Å²) in [7, 11) is 0. The summed E-state index contributed by atoms with van der Waals surface area (Å²) in [5.74, 6) is -0.515. The van der Waals surface area contributed by atoms with E-state index < -0.39 is 5.97 Å². The third kappa shape index (κ3) is 4.13. The van der Waals surface area contributed by atoms with Gasteiger partial charge in [0.15, 0.2) is 0 Å². The number of hydrogen-bond donors (Lipinski definition) is 1. The predicted octanol–water partition coefficient (Wildman–Crippen LogP) is 2.51. The van der Waals surface area contributed by atoms with Crippen LogP contribution in [-0.2, 0) is 4.79 Å². The number of carboxylic acid groups (broad SMARTS) is 1. The van der Waals surface area contributed by atoms with Crippen molar-refractivity contribution < 1.29 is 19.4 Å². The second kappa shape index (κ2) is 6.94. The molecular weight excluding hydrogens is 258 g/mol. The maximum Gasteiger partial charge on any atom is 0.371 e. The van der Waals surface area contributed by atoms with Gasteiger partial charge in [0.1, 0.15) is 12.4 Å². The van der Waals surface area contributed by atoms with Crippen LogP contribution in [0.3, 0.4) is 0 Å². The van der Waals surface area contributed by atoms with Gasteiger partial charge in [-0.15, -0.1) is 0 Å². The Morgan fingerprint density at radius 1 is 1.15 bits per heavy atom. The lowest BCUT2D eigenvalue weighted by Gasteiger charge is -2.06. The van der Waals surface area contributed by atoms with Gasteiger partial charge < -0.3 is 14.6 Å². The molecule has 1 aromatic carbocycles. The molecule has 0 unspecified atom stereocenters. The second-order valence-electron chi connectivity index (χ2n) is 3.77. The minimum absolute atomic E-state index is 0.0957. The molecular formula is C15H13NO4. The van der Waals surface area contributed by atoms with E-state index in [1.54, 1.807) is 30.3 Å². The molecule has 2 aromatic rings. The van der Waals surface area contributed by atoms with Crippen LogP contribution in [0.15, 0.2) is 66.6 Å². The van der Waals surface area contributed by atoms with Crippen molar-refractivity contribution in [3.05, 3.63) is 66.6 Å². The normalized spacial score (nSPS) is 10.9. The smallest absolute Gasteiger partial charge is 0.371 e. The van der Waals surface area contributed by atoms with Crippen LogP contribution in [0.4, 0.5) is 0 Å². The molecule has 0 radical (unpaired) electrons. The van der Waals surface area contributed by atoms with Gasteiger partial charge in [-0.25, -0.2) is 9.78 Å². The maximum atomic E-state index is 11.1. The molecule has 1 heterocycles. The standard InChI is InChI=1S/C15H13NO4/c17-15(18)13(20-14-8-4-5-10-16-14)9-11-19-12-6-2-1-3-7-12/h1-10H,11H2,(H,17,18). The third-order valence-corrected chi connectivity index (χ3v) is 2.33. The van der Waals surface area contributed by atoms with Crippen LogP contribution in [0.5, 0.6) is 11.6 Å². The third-order valence-electron chi connectivity index (χ3n) is 2.33. The molecule has 0 aliphatic carbocycles. The monoisotopic (exact) mass is 271 g/mol. The van der Waals surface area contributed by atoms with Gasteiger partial charge in [-0.1, -0.05) is 24.3 Å². The molecule has 20 heavy (non-hydrogen) atoms. The topological polar surface area (TPSA) is 68.7 Å². The van der Waals surface area contributed by atoms with Gasteiger partial charge in [0.25, 0.3) is 0 Å². The van der Waals surface area contributed by atoms with Crippen LogP contribution in [-0.4, -0.2) is 22.7 Å². The number of nitrogens with zero attached hydrogens (tertiary/aromatic N) is 1. The van der Waals surface area contributed by atoms with Gasteiger partial charge in [0.05, 0.1) is 0 Å². The number of aliphatic carboxylic acids is 1. The van der Waals surface area contributed by atoms with Crippen molar-refractivity contribution in [2.24, 2.45) is 0 Å². The quantitative estimate of drug-likeness (QED) is 0.645. The number of carbonyl (C=O) groups is 1. The van der Waals surface area contributed by atoms with E-state index in [9.17, 15) is 4.79 Å². The maximum absolute atomic E-state index is 11.1. The fraction of sp³-hybridized carbons (Fsp3) is 0.0667. The van der Waals surface area contributed by atoms with Crippen molar-refractivity contribution in [1.29, 1.82) is 0 Å². The first-order valence-electron chi connectivity index (χ1n) is 5.96. The van der Waals surface area contributed by atoms with Crippen LogP contribution in [0.25, 0.3) is 0 Å². The van der Waals surface area contributed by atoms with Crippen molar-refractivity contribution >= 4 is 5.97 Å². The van der Waals surface area contributed by atoms with Gasteiger partial charge >= 0.3 is 5.97 Å². The van der Waals surface area contributed by atoms with Gasteiger partial charge in [-0.3, -0.25) is 0 Å². The summed E-state index contributed by atoms with van der Waals surface area (Å²) in [6.45, 7) is 0.0957. The fourth-order valence-electron chi connectivity index (χ4n) is 1.42. The van der Waals surface area contributed by atoms with E-state index in [1.807, 2.05) is 18.2 Å². The van der Waals surface area contributed by atoms with E-state index >= 15 is 0 Å². The first kappa shape index (κ1) is 13.6. The van der Waals surface area contributed by atoms with Crippen molar-refractivity contribution in [2.75, 3.05) is 6.61 Å². The lowest BCUT2D eigenvalue weighted by atomic mass is 10.3. The molecule has 2 rings (SSSR count). The van der Waals surface area contributed by atoms with Gasteiger partial charge in [0.2, 0.25) is 11.6 Å². The van der Waals surface area contributed by atoms with Crippen molar-refractivity contribution in [1.82, 2.24) is 4.98 Å². The van der Waals surface area contributed by atoms with E-state index in [0.717, 1.165) is 0 Å². The van der Waals surface area contributed by atoms with Crippen molar-refractivity contribution in [2.45, 2.75) is 0 Å². The van der Waals surface area contributed by atoms with E-state index in [-0.39, 0.29) is 18.2 Å². The molecule has 1 aromatic heterocycles. The van der Waals surface area contributed by atoms with E-state index in [1.165, 1.54) is 12.3 Å². The number of hydrogen-bond acceptors (Lipinski definition) is 4. The Morgan fingerprint density at radius 2 is 1.90 bits per heavy atom. The average Bonchev–Trinajstić information content (AvgIpc) is 2.48. The average molecular weight is 271 g/mol. The summed E-state index contributed by atoms with van der Waals surface area (Å²) in [5, 5.41) is 9.06. The summed E-state index contributed by atoms with van der Waals surface area (Å²) >= 11 is 0. The van der Waals surface area contributed by atoms with Gasteiger partial charge in [-0.2, -0.15) is 0 Å². The first-order chi connectivity index (χ1) is 9.75. The van der Waals surface area contributed by atoms with Crippen LogP contribution in [0.1, 0.15) is 0 Å². The zero-order valence-corrected chi connectivity index (χ0v) is 10.6.